The Kier molecular flexibility index (Phi) is 3.72. The Morgan fingerprint density at radius 2 is 2.14 bits per heavy atom. The first-order chi connectivity index (χ1) is 10.1. The minimum atomic E-state index is 0.237. The van der Waals surface area contributed by atoms with E-state index >= 15 is 0 Å². The molecule has 0 radical (unpaired) electrons. The van der Waals surface area contributed by atoms with Crippen molar-refractivity contribution in [1.82, 2.24) is 24.7 Å². The lowest BCUT2D eigenvalue weighted by atomic mass is 10.1. The summed E-state index contributed by atoms with van der Waals surface area (Å²) < 4.78 is 1.61. The molecule has 1 aliphatic rings. The summed E-state index contributed by atoms with van der Waals surface area (Å²) in [5, 5.41) is 4.15. The summed E-state index contributed by atoms with van der Waals surface area (Å²) in [6, 6.07) is 2.37. The minimum Gasteiger partial charge on any atom is -0.368 e. The highest BCUT2D eigenvalue weighted by Crippen LogP contribution is 2.30. The van der Waals surface area contributed by atoms with Crippen LogP contribution in [-0.4, -0.2) is 37.3 Å². The fourth-order valence-electron chi connectivity index (χ4n) is 2.22. The van der Waals surface area contributed by atoms with E-state index in [1.165, 1.54) is 12.8 Å². The molecule has 112 valence electrons. The third kappa shape index (κ3) is 3.29. The molecule has 0 aromatic carbocycles. The number of nitrogen functional groups attached to an aromatic ring is 1. The number of aromatic nitrogens is 5. The number of anilines is 2. The van der Waals surface area contributed by atoms with Crippen LogP contribution in [-0.2, 0) is 0 Å². The molecule has 0 saturated heterocycles. The molecule has 21 heavy (non-hydrogen) atoms. The Labute approximate surface area is 124 Å². The van der Waals surface area contributed by atoms with Gasteiger partial charge >= 0.3 is 0 Å². The zero-order chi connectivity index (χ0) is 14.8. The van der Waals surface area contributed by atoms with E-state index in [-0.39, 0.29) is 5.95 Å². The summed E-state index contributed by atoms with van der Waals surface area (Å²) in [6.45, 7) is 5.40. The third-order valence-electron chi connectivity index (χ3n) is 3.53. The molecule has 0 atom stereocenters. The predicted octanol–water partition coefficient (Wildman–Crippen LogP) is 1.65. The Morgan fingerprint density at radius 3 is 2.76 bits per heavy atom. The van der Waals surface area contributed by atoms with Crippen LogP contribution in [0.1, 0.15) is 33.1 Å². The van der Waals surface area contributed by atoms with Gasteiger partial charge in [0.2, 0.25) is 11.9 Å². The summed E-state index contributed by atoms with van der Waals surface area (Å²) in [6.07, 6.45) is 6.99. The molecule has 0 spiro atoms. The van der Waals surface area contributed by atoms with E-state index in [1.807, 2.05) is 6.07 Å². The van der Waals surface area contributed by atoms with Crippen molar-refractivity contribution >= 4 is 11.9 Å². The first-order valence-corrected chi connectivity index (χ1v) is 7.41. The second-order valence-corrected chi connectivity index (χ2v) is 5.85. The molecule has 1 fully saturated rings. The fraction of sp³-hybridized carbons (Fsp3) is 0.571. The van der Waals surface area contributed by atoms with E-state index in [0.29, 0.717) is 23.9 Å². The summed E-state index contributed by atoms with van der Waals surface area (Å²) in [5.74, 6) is 2.02. The van der Waals surface area contributed by atoms with Crippen molar-refractivity contribution < 1.29 is 0 Å². The van der Waals surface area contributed by atoms with Crippen molar-refractivity contribution in [3.05, 3.63) is 18.5 Å². The van der Waals surface area contributed by atoms with Gasteiger partial charge in [0.05, 0.1) is 0 Å². The summed E-state index contributed by atoms with van der Waals surface area (Å²) in [7, 11) is 0. The summed E-state index contributed by atoms with van der Waals surface area (Å²) in [4.78, 5) is 15.3. The predicted molar refractivity (Wildman–Crippen MR) is 81.2 cm³/mol. The number of nitrogens with two attached hydrogens (primary N) is 1. The van der Waals surface area contributed by atoms with E-state index in [9.17, 15) is 0 Å². The van der Waals surface area contributed by atoms with Gasteiger partial charge in [0.15, 0.2) is 0 Å². The molecule has 2 aromatic rings. The van der Waals surface area contributed by atoms with E-state index in [1.54, 1.807) is 17.1 Å². The van der Waals surface area contributed by atoms with E-state index in [0.717, 1.165) is 13.0 Å². The standard InChI is InChI=1S/C14H21N7/c1-10(2)6-9-20(11-4-5-11)13-17-12(15)18-14(19-13)21-8-3-7-16-21/h3,7-8,10-11H,4-6,9H2,1-2H3,(H2,15,17,18,19). The first kappa shape index (κ1) is 13.8. The molecule has 1 saturated carbocycles. The van der Waals surface area contributed by atoms with Crippen LogP contribution in [0.4, 0.5) is 11.9 Å². The maximum absolute atomic E-state index is 5.85. The average Bonchev–Trinajstić information content (AvgIpc) is 3.12. The van der Waals surface area contributed by atoms with Gasteiger partial charge in [-0.3, -0.25) is 0 Å². The van der Waals surface area contributed by atoms with Crippen LogP contribution in [0.5, 0.6) is 0 Å². The molecule has 0 aliphatic heterocycles. The molecule has 3 rings (SSSR count). The van der Waals surface area contributed by atoms with Gasteiger partial charge in [0.25, 0.3) is 5.95 Å². The van der Waals surface area contributed by atoms with Crippen molar-refractivity contribution in [2.75, 3.05) is 17.2 Å². The van der Waals surface area contributed by atoms with E-state index in [2.05, 4.69) is 38.8 Å². The largest absolute Gasteiger partial charge is 0.368 e. The molecule has 2 N–H and O–H groups in total. The molecule has 2 aromatic heterocycles. The van der Waals surface area contributed by atoms with Gasteiger partial charge in [-0.15, -0.1) is 0 Å². The van der Waals surface area contributed by atoms with Gasteiger partial charge in [-0.25, -0.2) is 4.68 Å². The lowest BCUT2D eigenvalue weighted by Crippen LogP contribution is -2.30. The van der Waals surface area contributed by atoms with Gasteiger partial charge in [-0.1, -0.05) is 13.8 Å². The van der Waals surface area contributed by atoms with Gasteiger partial charge in [0.1, 0.15) is 0 Å². The summed E-state index contributed by atoms with van der Waals surface area (Å²) >= 11 is 0. The van der Waals surface area contributed by atoms with Crippen molar-refractivity contribution in [3.63, 3.8) is 0 Å². The number of nitrogens with zero attached hydrogens (tertiary/aromatic N) is 6. The molecule has 0 bridgehead atoms. The first-order valence-electron chi connectivity index (χ1n) is 7.41. The minimum absolute atomic E-state index is 0.237. The Morgan fingerprint density at radius 1 is 1.33 bits per heavy atom. The van der Waals surface area contributed by atoms with Crippen molar-refractivity contribution in [2.45, 2.75) is 39.2 Å². The molecule has 0 amide bonds. The van der Waals surface area contributed by atoms with Crippen LogP contribution in [0.2, 0.25) is 0 Å². The van der Waals surface area contributed by atoms with Gasteiger partial charge in [0, 0.05) is 25.0 Å². The second-order valence-electron chi connectivity index (χ2n) is 5.85. The lowest BCUT2D eigenvalue weighted by Gasteiger charge is -2.23. The molecule has 2 heterocycles. The Bertz CT molecular complexity index is 589. The van der Waals surface area contributed by atoms with E-state index < -0.39 is 0 Å². The normalized spacial score (nSPS) is 14.6. The molecular weight excluding hydrogens is 266 g/mol. The lowest BCUT2D eigenvalue weighted by molar-refractivity contribution is 0.565. The third-order valence-corrected chi connectivity index (χ3v) is 3.53. The number of hydrogen-bond acceptors (Lipinski definition) is 6. The van der Waals surface area contributed by atoms with Gasteiger partial charge in [-0.2, -0.15) is 20.1 Å². The quantitative estimate of drug-likeness (QED) is 0.869. The fourth-order valence-corrected chi connectivity index (χ4v) is 2.22. The van der Waals surface area contributed by atoms with Crippen molar-refractivity contribution in [2.24, 2.45) is 5.92 Å². The maximum Gasteiger partial charge on any atom is 0.257 e. The monoisotopic (exact) mass is 287 g/mol. The van der Waals surface area contributed by atoms with Gasteiger partial charge in [-0.05, 0) is 31.2 Å². The Balaban J connectivity index is 1.88. The second kappa shape index (κ2) is 5.67. The van der Waals surface area contributed by atoms with Gasteiger partial charge < -0.3 is 10.6 Å². The van der Waals surface area contributed by atoms with Crippen LogP contribution >= 0.6 is 0 Å². The highest BCUT2D eigenvalue weighted by molar-refractivity contribution is 5.40. The van der Waals surface area contributed by atoms with Crippen LogP contribution in [0.15, 0.2) is 18.5 Å². The SMILES string of the molecule is CC(C)CCN(c1nc(N)nc(-n2cccn2)n1)C1CC1. The van der Waals surface area contributed by atoms with Crippen LogP contribution in [0.3, 0.4) is 0 Å². The van der Waals surface area contributed by atoms with Crippen LogP contribution in [0, 0.1) is 5.92 Å². The zero-order valence-corrected chi connectivity index (χ0v) is 12.5. The van der Waals surface area contributed by atoms with Crippen molar-refractivity contribution in [3.8, 4) is 5.95 Å². The number of rotatable bonds is 6. The van der Waals surface area contributed by atoms with Crippen molar-refractivity contribution in [1.29, 1.82) is 0 Å². The Hall–Kier alpha value is -2.18. The molecule has 7 heteroatoms. The maximum atomic E-state index is 5.85. The highest BCUT2D eigenvalue weighted by Gasteiger charge is 2.31. The molecule has 0 unspecified atom stereocenters. The average molecular weight is 287 g/mol. The molecule has 1 aliphatic carbocycles. The van der Waals surface area contributed by atoms with Crippen LogP contribution in [0.25, 0.3) is 5.95 Å². The smallest absolute Gasteiger partial charge is 0.257 e. The highest BCUT2D eigenvalue weighted by atomic mass is 15.4. The van der Waals surface area contributed by atoms with E-state index in [4.69, 9.17) is 5.73 Å². The molecular formula is C14H21N7. The van der Waals surface area contributed by atoms with Crippen LogP contribution < -0.4 is 10.6 Å². The molecule has 7 nitrogen and oxygen atoms in total. The topological polar surface area (TPSA) is 85.8 Å². The zero-order valence-electron chi connectivity index (χ0n) is 12.5. The summed E-state index contributed by atoms with van der Waals surface area (Å²) in [5.41, 5.74) is 5.85. The number of hydrogen-bond donors (Lipinski definition) is 1.